The van der Waals surface area contributed by atoms with Gasteiger partial charge in [0.1, 0.15) is 11.5 Å². The van der Waals surface area contributed by atoms with Crippen LogP contribution in [0.1, 0.15) is 49.8 Å². The number of nitrogens with zero attached hydrogens (tertiary/aromatic N) is 1. The van der Waals surface area contributed by atoms with Crippen molar-refractivity contribution in [2.75, 3.05) is 19.6 Å². The number of hydrogen-bond donors (Lipinski definition) is 1. The van der Waals surface area contributed by atoms with Crippen LogP contribution in [0.25, 0.3) is 0 Å². The summed E-state index contributed by atoms with van der Waals surface area (Å²) < 4.78 is 5.54. The van der Waals surface area contributed by atoms with E-state index in [-0.39, 0.29) is 11.9 Å². The molecule has 1 N–H and O–H groups in total. The predicted octanol–water partition coefficient (Wildman–Crippen LogP) is 2.81. The first kappa shape index (κ1) is 15.1. The maximum atomic E-state index is 12.2. The van der Waals surface area contributed by atoms with Gasteiger partial charge in [0.25, 0.3) is 0 Å². The van der Waals surface area contributed by atoms with Crippen LogP contribution in [0.4, 0.5) is 0 Å². The first-order valence-electron chi connectivity index (χ1n) is 7.55. The summed E-state index contributed by atoms with van der Waals surface area (Å²) >= 11 is 0. The number of carbonyl (C=O) groups is 1. The predicted molar refractivity (Wildman–Crippen MR) is 79.6 cm³/mol. The second-order valence-electron chi connectivity index (χ2n) is 6.06. The van der Waals surface area contributed by atoms with E-state index in [0.29, 0.717) is 12.5 Å². The molecule has 1 aromatic heterocycles. The van der Waals surface area contributed by atoms with E-state index < -0.39 is 0 Å². The lowest BCUT2D eigenvalue weighted by Crippen LogP contribution is -2.43. The monoisotopic (exact) mass is 278 g/mol. The number of amides is 1. The second kappa shape index (κ2) is 6.44. The average Bonchev–Trinajstić information content (AvgIpc) is 2.74. The first-order valence-corrected chi connectivity index (χ1v) is 7.55. The Morgan fingerprint density at radius 1 is 1.55 bits per heavy atom. The van der Waals surface area contributed by atoms with Gasteiger partial charge in [0.2, 0.25) is 5.91 Å². The first-order chi connectivity index (χ1) is 9.47. The Morgan fingerprint density at radius 3 is 2.90 bits per heavy atom. The van der Waals surface area contributed by atoms with Crippen LogP contribution >= 0.6 is 0 Å². The van der Waals surface area contributed by atoms with Crippen molar-refractivity contribution in [2.24, 2.45) is 5.92 Å². The average molecular weight is 278 g/mol. The lowest BCUT2D eigenvalue weighted by Gasteiger charge is -2.31. The molecule has 4 heteroatoms. The lowest BCUT2D eigenvalue weighted by molar-refractivity contribution is -0.132. The van der Waals surface area contributed by atoms with Gasteiger partial charge in [-0.15, -0.1) is 0 Å². The largest absolute Gasteiger partial charge is 0.466 e. The van der Waals surface area contributed by atoms with Crippen LogP contribution in [0.2, 0.25) is 0 Å². The Labute approximate surface area is 121 Å². The molecule has 0 unspecified atom stereocenters. The van der Waals surface area contributed by atoms with E-state index in [0.717, 1.165) is 36.6 Å². The summed E-state index contributed by atoms with van der Waals surface area (Å²) in [5, 5.41) is 3.31. The van der Waals surface area contributed by atoms with Crippen LogP contribution in [-0.2, 0) is 4.79 Å². The van der Waals surface area contributed by atoms with Crippen LogP contribution < -0.4 is 5.32 Å². The topological polar surface area (TPSA) is 45.5 Å². The van der Waals surface area contributed by atoms with Gasteiger partial charge in [-0.3, -0.25) is 4.79 Å². The van der Waals surface area contributed by atoms with Gasteiger partial charge in [0, 0.05) is 24.7 Å². The molecule has 2 atom stereocenters. The van der Waals surface area contributed by atoms with Crippen LogP contribution in [0, 0.1) is 19.8 Å². The van der Waals surface area contributed by atoms with Crippen molar-refractivity contribution in [1.29, 1.82) is 0 Å². The molecule has 1 aromatic rings. The smallest absolute Gasteiger partial charge is 0.236 e. The van der Waals surface area contributed by atoms with Crippen molar-refractivity contribution >= 4 is 5.91 Å². The summed E-state index contributed by atoms with van der Waals surface area (Å²) in [5.41, 5.74) is 1.14. The molecule has 0 saturated carbocycles. The van der Waals surface area contributed by atoms with E-state index in [4.69, 9.17) is 4.42 Å². The minimum atomic E-state index is 0.138. The molecule has 2 rings (SSSR count). The fraction of sp³-hybridized carbons (Fsp3) is 0.688. The Hall–Kier alpha value is -1.29. The second-order valence-corrected chi connectivity index (χ2v) is 6.06. The van der Waals surface area contributed by atoms with Crippen LogP contribution in [-0.4, -0.2) is 30.4 Å². The molecule has 0 radical (unpaired) electrons. The molecule has 1 amide bonds. The number of nitrogens with one attached hydrogen (secondary N) is 1. The summed E-state index contributed by atoms with van der Waals surface area (Å²) in [4.78, 5) is 14.2. The summed E-state index contributed by atoms with van der Waals surface area (Å²) in [6, 6.07) is 2.18. The number of rotatable bonds is 4. The molecular weight excluding hydrogens is 252 g/mol. The number of likely N-dealkylation sites (tertiary alicyclic amines) is 1. The minimum Gasteiger partial charge on any atom is -0.466 e. The van der Waals surface area contributed by atoms with E-state index in [2.05, 4.69) is 19.2 Å². The SMILES string of the molecule is Cc1cc([C@H](C)NCC(=O)N2CCC[C@@H](C)C2)c(C)o1. The highest BCUT2D eigenvalue weighted by Crippen LogP contribution is 2.21. The van der Waals surface area contributed by atoms with Gasteiger partial charge in [-0.05, 0) is 45.6 Å². The summed E-state index contributed by atoms with van der Waals surface area (Å²) in [7, 11) is 0. The van der Waals surface area contributed by atoms with Gasteiger partial charge in [0.05, 0.1) is 6.54 Å². The summed E-state index contributed by atoms with van der Waals surface area (Å²) in [6.07, 6.45) is 2.36. The normalized spacial score (nSPS) is 21.0. The molecule has 0 spiro atoms. The molecule has 1 saturated heterocycles. The van der Waals surface area contributed by atoms with Crippen molar-refractivity contribution in [3.8, 4) is 0 Å². The van der Waals surface area contributed by atoms with Gasteiger partial charge >= 0.3 is 0 Å². The lowest BCUT2D eigenvalue weighted by atomic mass is 10.0. The Bertz CT molecular complexity index is 467. The highest BCUT2D eigenvalue weighted by molar-refractivity contribution is 5.78. The fourth-order valence-corrected chi connectivity index (χ4v) is 2.96. The van der Waals surface area contributed by atoms with E-state index in [1.165, 1.54) is 6.42 Å². The number of carbonyl (C=O) groups excluding carboxylic acids is 1. The van der Waals surface area contributed by atoms with Crippen LogP contribution in [0.5, 0.6) is 0 Å². The van der Waals surface area contributed by atoms with Crippen molar-refractivity contribution in [3.05, 3.63) is 23.2 Å². The maximum absolute atomic E-state index is 12.2. The third kappa shape index (κ3) is 3.63. The van der Waals surface area contributed by atoms with Crippen LogP contribution in [0.3, 0.4) is 0 Å². The number of piperidine rings is 1. The van der Waals surface area contributed by atoms with Crippen LogP contribution in [0.15, 0.2) is 10.5 Å². The van der Waals surface area contributed by atoms with E-state index >= 15 is 0 Å². The fourth-order valence-electron chi connectivity index (χ4n) is 2.96. The quantitative estimate of drug-likeness (QED) is 0.921. The Balaban J connectivity index is 1.85. The summed E-state index contributed by atoms with van der Waals surface area (Å²) in [6.45, 7) is 10.4. The molecule has 0 aromatic carbocycles. The standard InChI is InChI=1S/C16H26N2O2/c1-11-6-5-7-18(10-11)16(19)9-17-13(3)15-8-12(2)20-14(15)4/h8,11,13,17H,5-7,9-10H2,1-4H3/t11-,13+/m1/s1. The zero-order valence-corrected chi connectivity index (χ0v) is 13.0. The molecule has 112 valence electrons. The Kier molecular flexibility index (Phi) is 4.86. The molecule has 1 aliphatic heterocycles. The Morgan fingerprint density at radius 2 is 2.30 bits per heavy atom. The van der Waals surface area contributed by atoms with Crippen molar-refractivity contribution in [3.63, 3.8) is 0 Å². The van der Waals surface area contributed by atoms with Gasteiger partial charge in [-0.25, -0.2) is 0 Å². The van der Waals surface area contributed by atoms with Crippen molar-refractivity contribution in [2.45, 2.75) is 46.6 Å². The maximum Gasteiger partial charge on any atom is 0.236 e. The van der Waals surface area contributed by atoms with Gasteiger partial charge < -0.3 is 14.6 Å². The van der Waals surface area contributed by atoms with E-state index in [9.17, 15) is 4.79 Å². The molecule has 4 nitrogen and oxygen atoms in total. The number of furan rings is 1. The molecule has 1 aliphatic rings. The van der Waals surface area contributed by atoms with E-state index in [1.807, 2.05) is 24.8 Å². The minimum absolute atomic E-state index is 0.138. The molecule has 0 bridgehead atoms. The summed E-state index contributed by atoms with van der Waals surface area (Å²) in [5.74, 6) is 2.69. The van der Waals surface area contributed by atoms with Gasteiger partial charge in [-0.1, -0.05) is 6.92 Å². The number of hydrogen-bond acceptors (Lipinski definition) is 3. The number of aryl methyl sites for hydroxylation is 2. The highest BCUT2D eigenvalue weighted by atomic mass is 16.3. The van der Waals surface area contributed by atoms with Crippen molar-refractivity contribution < 1.29 is 9.21 Å². The van der Waals surface area contributed by atoms with Gasteiger partial charge in [-0.2, -0.15) is 0 Å². The van der Waals surface area contributed by atoms with Crippen molar-refractivity contribution in [1.82, 2.24) is 10.2 Å². The van der Waals surface area contributed by atoms with E-state index in [1.54, 1.807) is 0 Å². The molecule has 1 fully saturated rings. The molecule has 2 heterocycles. The van der Waals surface area contributed by atoms with Gasteiger partial charge in [0.15, 0.2) is 0 Å². The molecule has 20 heavy (non-hydrogen) atoms. The zero-order chi connectivity index (χ0) is 14.7. The molecule has 0 aliphatic carbocycles. The molecular formula is C16H26N2O2. The highest BCUT2D eigenvalue weighted by Gasteiger charge is 2.21. The third-order valence-electron chi connectivity index (χ3n) is 4.12. The third-order valence-corrected chi connectivity index (χ3v) is 4.12. The zero-order valence-electron chi connectivity index (χ0n) is 13.0.